The highest BCUT2D eigenvalue weighted by atomic mass is 16.3. The maximum Gasteiger partial charge on any atom is 0.0653 e. The van der Waals surface area contributed by atoms with E-state index < -0.39 is 5.60 Å². The fourth-order valence-corrected chi connectivity index (χ4v) is 2.28. The van der Waals surface area contributed by atoms with E-state index >= 15 is 0 Å². The number of rotatable bonds is 3. The molecule has 17 heavy (non-hydrogen) atoms. The summed E-state index contributed by atoms with van der Waals surface area (Å²) in [7, 11) is 1.96. The van der Waals surface area contributed by atoms with Crippen LogP contribution in [-0.2, 0) is 6.54 Å². The molecule has 94 valence electrons. The van der Waals surface area contributed by atoms with E-state index in [1.54, 1.807) is 0 Å². The summed E-state index contributed by atoms with van der Waals surface area (Å²) in [5.74, 6) is 0. The normalized spacial score (nSPS) is 19.4. The summed E-state index contributed by atoms with van der Waals surface area (Å²) in [6, 6.07) is 8.68. The third-order valence-corrected chi connectivity index (χ3v) is 3.52. The molecule has 0 aliphatic carbocycles. The second kappa shape index (κ2) is 5.07. The number of anilines is 1. The summed E-state index contributed by atoms with van der Waals surface area (Å²) in [4.78, 5) is 2.35. The van der Waals surface area contributed by atoms with Gasteiger partial charge in [0.05, 0.1) is 5.60 Å². The molecule has 1 saturated heterocycles. The Morgan fingerprint density at radius 2 is 1.82 bits per heavy atom. The highest BCUT2D eigenvalue weighted by Gasteiger charge is 2.27. The van der Waals surface area contributed by atoms with E-state index in [0.29, 0.717) is 0 Å². The first kappa shape index (κ1) is 12.4. The van der Waals surface area contributed by atoms with Gasteiger partial charge in [-0.2, -0.15) is 0 Å². The summed E-state index contributed by atoms with van der Waals surface area (Å²) >= 11 is 0. The van der Waals surface area contributed by atoms with E-state index in [1.165, 1.54) is 11.3 Å². The molecule has 3 heteroatoms. The lowest BCUT2D eigenvalue weighted by Gasteiger charge is -2.37. The van der Waals surface area contributed by atoms with Gasteiger partial charge in [0.2, 0.25) is 0 Å². The molecule has 1 fully saturated rings. The van der Waals surface area contributed by atoms with Crippen molar-refractivity contribution in [3.05, 3.63) is 29.8 Å². The van der Waals surface area contributed by atoms with E-state index in [2.05, 4.69) is 34.5 Å². The molecule has 0 radical (unpaired) electrons. The fourth-order valence-electron chi connectivity index (χ4n) is 2.28. The van der Waals surface area contributed by atoms with Gasteiger partial charge in [-0.1, -0.05) is 12.1 Å². The van der Waals surface area contributed by atoms with Gasteiger partial charge >= 0.3 is 0 Å². The van der Waals surface area contributed by atoms with Crippen LogP contribution in [0.25, 0.3) is 0 Å². The van der Waals surface area contributed by atoms with E-state index in [9.17, 15) is 5.11 Å². The number of piperidine rings is 1. The van der Waals surface area contributed by atoms with Crippen molar-refractivity contribution in [2.45, 2.75) is 31.9 Å². The molecule has 1 heterocycles. The maximum atomic E-state index is 9.92. The molecular weight excluding hydrogens is 212 g/mol. The highest BCUT2D eigenvalue weighted by Crippen LogP contribution is 2.25. The van der Waals surface area contributed by atoms with Gasteiger partial charge < -0.3 is 15.3 Å². The number of hydrogen-bond acceptors (Lipinski definition) is 3. The van der Waals surface area contributed by atoms with Crippen LogP contribution in [0.1, 0.15) is 25.3 Å². The van der Waals surface area contributed by atoms with Crippen LogP contribution in [0.2, 0.25) is 0 Å². The molecule has 1 aliphatic rings. The molecule has 0 saturated carbocycles. The highest BCUT2D eigenvalue weighted by molar-refractivity contribution is 5.48. The van der Waals surface area contributed by atoms with Crippen LogP contribution in [0, 0.1) is 0 Å². The number of hydrogen-bond donors (Lipinski definition) is 2. The van der Waals surface area contributed by atoms with Crippen molar-refractivity contribution in [3.63, 3.8) is 0 Å². The Hall–Kier alpha value is -1.06. The smallest absolute Gasteiger partial charge is 0.0653 e. The van der Waals surface area contributed by atoms with Crippen molar-refractivity contribution in [1.29, 1.82) is 0 Å². The number of nitrogens with zero attached hydrogens (tertiary/aromatic N) is 1. The molecule has 0 unspecified atom stereocenters. The largest absolute Gasteiger partial charge is 0.390 e. The maximum absolute atomic E-state index is 9.92. The zero-order valence-corrected chi connectivity index (χ0v) is 10.7. The van der Waals surface area contributed by atoms with Crippen LogP contribution in [0.3, 0.4) is 0 Å². The summed E-state index contributed by atoms with van der Waals surface area (Å²) in [5, 5.41) is 13.1. The lowest BCUT2D eigenvalue weighted by atomic mass is 9.93. The van der Waals surface area contributed by atoms with E-state index in [1.807, 2.05) is 14.0 Å². The molecule has 0 spiro atoms. The average Bonchev–Trinajstić information content (AvgIpc) is 2.31. The molecule has 1 aromatic carbocycles. The zero-order chi connectivity index (χ0) is 12.3. The number of nitrogens with one attached hydrogen (secondary N) is 1. The molecule has 0 atom stereocenters. The van der Waals surface area contributed by atoms with Crippen LogP contribution < -0.4 is 10.2 Å². The minimum Gasteiger partial charge on any atom is -0.390 e. The summed E-state index contributed by atoms with van der Waals surface area (Å²) < 4.78 is 0. The summed E-state index contributed by atoms with van der Waals surface area (Å²) in [6.45, 7) is 4.73. The quantitative estimate of drug-likeness (QED) is 0.836. The zero-order valence-electron chi connectivity index (χ0n) is 10.7. The lowest BCUT2D eigenvalue weighted by molar-refractivity contribution is 0.0351. The van der Waals surface area contributed by atoms with Gasteiger partial charge in [-0.15, -0.1) is 0 Å². The van der Waals surface area contributed by atoms with Crippen molar-refractivity contribution in [2.24, 2.45) is 0 Å². The second-order valence-corrected chi connectivity index (χ2v) is 5.18. The van der Waals surface area contributed by atoms with Crippen molar-refractivity contribution in [3.8, 4) is 0 Å². The number of aliphatic hydroxyl groups is 1. The first-order valence-corrected chi connectivity index (χ1v) is 6.32. The van der Waals surface area contributed by atoms with Crippen molar-refractivity contribution in [2.75, 3.05) is 25.0 Å². The summed E-state index contributed by atoms with van der Waals surface area (Å²) in [5.41, 5.74) is 2.10. The lowest BCUT2D eigenvalue weighted by Crippen LogP contribution is -2.42. The topological polar surface area (TPSA) is 35.5 Å². The Balaban J connectivity index is 1.99. The van der Waals surface area contributed by atoms with E-state index in [0.717, 1.165) is 32.5 Å². The van der Waals surface area contributed by atoms with E-state index in [-0.39, 0.29) is 0 Å². The monoisotopic (exact) mass is 234 g/mol. The first-order valence-electron chi connectivity index (χ1n) is 6.32. The Labute approximate surface area is 103 Å². The van der Waals surface area contributed by atoms with Gasteiger partial charge in [0, 0.05) is 25.3 Å². The van der Waals surface area contributed by atoms with Crippen LogP contribution in [-0.4, -0.2) is 30.8 Å². The van der Waals surface area contributed by atoms with Crippen LogP contribution in [0.5, 0.6) is 0 Å². The predicted molar refractivity (Wildman–Crippen MR) is 71.3 cm³/mol. The molecule has 1 aliphatic heterocycles. The van der Waals surface area contributed by atoms with Crippen LogP contribution >= 0.6 is 0 Å². The third kappa shape index (κ3) is 3.20. The Bertz CT molecular complexity index is 349. The predicted octanol–water partition coefficient (Wildman–Crippen LogP) is 1.76. The molecule has 2 N–H and O–H groups in total. The van der Waals surface area contributed by atoms with Crippen molar-refractivity contribution >= 4 is 5.69 Å². The van der Waals surface area contributed by atoms with Gasteiger partial charge in [0.1, 0.15) is 0 Å². The molecule has 3 nitrogen and oxygen atoms in total. The van der Waals surface area contributed by atoms with Crippen molar-refractivity contribution in [1.82, 2.24) is 5.32 Å². The molecule has 0 aromatic heterocycles. The van der Waals surface area contributed by atoms with Gasteiger partial charge in [-0.3, -0.25) is 0 Å². The van der Waals surface area contributed by atoms with Crippen LogP contribution in [0.15, 0.2) is 24.3 Å². The minimum absolute atomic E-state index is 0.470. The van der Waals surface area contributed by atoms with Gasteiger partial charge in [-0.25, -0.2) is 0 Å². The van der Waals surface area contributed by atoms with Gasteiger partial charge in [0.15, 0.2) is 0 Å². The minimum atomic E-state index is -0.470. The van der Waals surface area contributed by atoms with Crippen molar-refractivity contribution < 1.29 is 5.11 Å². The third-order valence-electron chi connectivity index (χ3n) is 3.52. The molecule has 1 aromatic rings. The first-order chi connectivity index (χ1) is 8.11. The Morgan fingerprint density at radius 3 is 2.35 bits per heavy atom. The van der Waals surface area contributed by atoms with Crippen LogP contribution in [0.4, 0.5) is 5.69 Å². The SMILES string of the molecule is CNCc1ccc(N2CCC(C)(O)CC2)cc1. The van der Waals surface area contributed by atoms with E-state index in [4.69, 9.17) is 0 Å². The second-order valence-electron chi connectivity index (χ2n) is 5.18. The van der Waals surface area contributed by atoms with Gasteiger partial charge in [-0.05, 0) is 44.5 Å². The van der Waals surface area contributed by atoms with Gasteiger partial charge in [0.25, 0.3) is 0 Å². The summed E-state index contributed by atoms with van der Waals surface area (Å²) in [6.07, 6.45) is 1.70. The fraction of sp³-hybridized carbons (Fsp3) is 0.571. The number of benzene rings is 1. The molecule has 0 bridgehead atoms. The Kier molecular flexibility index (Phi) is 3.69. The standard InChI is InChI=1S/C14H22N2O/c1-14(17)7-9-16(10-8-14)13-5-3-12(4-6-13)11-15-2/h3-6,15,17H,7-11H2,1-2H3. The molecule has 2 rings (SSSR count). The molecule has 0 amide bonds. The average molecular weight is 234 g/mol. The Morgan fingerprint density at radius 1 is 1.24 bits per heavy atom. The molecular formula is C14H22N2O.